The van der Waals surface area contributed by atoms with Crippen LogP contribution < -0.4 is 4.74 Å². The van der Waals surface area contributed by atoms with E-state index in [0.29, 0.717) is 17.9 Å². The summed E-state index contributed by atoms with van der Waals surface area (Å²) in [6.45, 7) is 3.21. The highest BCUT2D eigenvalue weighted by atomic mass is 16.6. The molecule has 1 aliphatic heterocycles. The zero-order valence-electron chi connectivity index (χ0n) is 7.99. The summed E-state index contributed by atoms with van der Waals surface area (Å²) in [5.74, 6) is 0.656. The fourth-order valence-electron chi connectivity index (χ4n) is 1.25. The van der Waals surface area contributed by atoms with E-state index in [9.17, 15) is 0 Å². The number of ether oxygens (including phenoxy) is 2. The second-order valence-corrected chi connectivity index (χ2v) is 3.33. The van der Waals surface area contributed by atoms with Crippen molar-refractivity contribution in [3.8, 4) is 11.8 Å². The predicted octanol–water partition coefficient (Wildman–Crippen LogP) is 1.64. The highest BCUT2D eigenvalue weighted by Gasteiger charge is 2.23. The van der Waals surface area contributed by atoms with E-state index in [4.69, 9.17) is 14.7 Å². The molecule has 0 spiro atoms. The van der Waals surface area contributed by atoms with Gasteiger partial charge in [0, 0.05) is 0 Å². The molecule has 1 aromatic rings. The monoisotopic (exact) mass is 189 g/mol. The molecule has 0 unspecified atom stereocenters. The third-order valence-electron chi connectivity index (χ3n) is 2.17. The van der Waals surface area contributed by atoms with Gasteiger partial charge in [0.05, 0.1) is 12.2 Å². The van der Waals surface area contributed by atoms with Crippen LogP contribution in [0.3, 0.4) is 0 Å². The lowest BCUT2D eigenvalue weighted by Crippen LogP contribution is -2.05. The number of rotatable bonds is 3. The van der Waals surface area contributed by atoms with Gasteiger partial charge in [0.1, 0.15) is 24.5 Å². The van der Waals surface area contributed by atoms with Gasteiger partial charge < -0.3 is 9.47 Å². The summed E-state index contributed by atoms with van der Waals surface area (Å²) in [5, 5.41) is 8.92. The molecule has 0 saturated carbocycles. The normalized spacial score (nSPS) is 18.7. The smallest absolute Gasteiger partial charge is 0.137 e. The molecule has 1 aromatic carbocycles. The Morgan fingerprint density at radius 1 is 1.64 bits per heavy atom. The van der Waals surface area contributed by atoms with Crippen LogP contribution in [0.25, 0.3) is 0 Å². The molecule has 0 amide bonds. The first-order valence-electron chi connectivity index (χ1n) is 4.55. The van der Waals surface area contributed by atoms with E-state index in [1.807, 2.05) is 25.1 Å². The van der Waals surface area contributed by atoms with Crippen molar-refractivity contribution in [2.75, 3.05) is 13.2 Å². The van der Waals surface area contributed by atoms with Gasteiger partial charge in [0.25, 0.3) is 0 Å². The summed E-state index contributed by atoms with van der Waals surface area (Å²) in [4.78, 5) is 0. The molecule has 1 heterocycles. The zero-order valence-corrected chi connectivity index (χ0v) is 7.99. The van der Waals surface area contributed by atoms with Gasteiger partial charge >= 0.3 is 0 Å². The van der Waals surface area contributed by atoms with Gasteiger partial charge in [0.2, 0.25) is 0 Å². The molecule has 1 fully saturated rings. The van der Waals surface area contributed by atoms with Crippen molar-refractivity contribution in [1.29, 1.82) is 5.26 Å². The Kier molecular flexibility index (Phi) is 2.38. The fraction of sp³-hybridized carbons (Fsp3) is 0.364. The van der Waals surface area contributed by atoms with Gasteiger partial charge in [-0.2, -0.15) is 5.26 Å². The van der Waals surface area contributed by atoms with Gasteiger partial charge in [-0.3, -0.25) is 0 Å². The topological polar surface area (TPSA) is 45.5 Å². The minimum Gasteiger partial charge on any atom is -0.489 e. The van der Waals surface area contributed by atoms with Crippen molar-refractivity contribution in [1.82, 2.24) is 0 Å². The molecule has 3 nitrogen and oxygen atoms in total. The Bertz CT molecular complexity index is 377. The number of epoxide rings is 1. The van der Waals surface area contributed by atoms with Crippen LogP contribution in [0.4, 0.5) is 0 Å². The van der Waals surface area contributed by atoms with Crippen molar-refractivity contribution in [2.45, 2.75) is 13.0 Å². The number of hydrogen-bond donors (Lipinski definition) is 0. The van der Waals surface area contributed by atoms with E-state index in [0.717, 1.165) is 12.2 Å². The Hall–Kier alpha value is -1.53. The van der Waals surface area contributed by atoms with Gasteiger partial charge in [0.15, 0.2) is 0 Å². The molecule has 72 valence electrons. The van der Waals surface area contributed by atoms with Crippen molar-refractivity contribution in [3.05, 3.63) is 29.3 Å². The van der Waals surface area contributed by atoms with Crippen LogP contribution in [-0.2, 0) is 4.74 Å². The van der Waals surface area contributed by atoms with Gasteiger partial charge in [-0.25, -0.2) is 0 Å². The van der Waals surface area contributed by atoms with E-state index in [1.54, 1.807) is 0 Å². The maximum atomic E-state index is 8.92. The maximum absolute atomic E-state index is 8.92. The van der Waals surface area contributed by atoms with Crippen LogP contribution in [0, 0.1) is 18.3 Å². The summed E-state index contributed by atoms with van der Waals surface area (Å²) in [6, 6.07) is 7.75. The minimum absolute atomic E-state index is 0.224. The molecule has 0 N–H and O–H groups in total. The lowest BCUT2D eigenvalue weighted by atomic mass is 10.1. The lowest BCUT2D eigenvalue weighted by molar-refractivity contribution is 0.262. The molecule has 1 saturated heterocycles. The molecule has 0 radical (unpaired) electrons. The molecule has 1 atom stereocenters. The van der Waals surface area contributed by atoms with Crippen molar-refractivity contribution in [3.63, 3.8) is 0 Å². The van der Waals surface area contributed by atoms with Gasteiger partial charge in [-0.1, -0.05) is 12.1 Å². The minimum atomic E-state index is 0.224. The lowest BCUT2D eigenvalue weighted by Gasteiger charge is -2.07. The second-order valence-electron chi connectivity index (χ2n) is 3.33. The number of aryl methyl sites for hydroxylation is 1. The van der Waals surface area contributed by atoms with E-state index in [-0.39, 0.29) is 6.10 Å². The molecule has 0 aromatic heterocycles. The third kappa shape index (κ3) is 1.86. The SMILES string of the molecule is Cc1cccc(OC[C@@H]2CO2)c1C#N. The van der Waals surface area contributed by atoms with Crippen LogP contribution in [0.5, 0.6) is 5.75 Å². The quantitative estimate of drug-likeness (QED) is 0.679. The summed E-state index contributed by atoms with van der Waals surface area (Å²) in [6.07, 6.45) is 0.224. The fourth-order valence-corrected chi connectivity index (χ4v) is 1.25. The first-order chi connectivity index (χ1) is 6.81. The molecule has 2 rings (SSSR count). The maximum Gasteiger partial charge on any atom is 0.137 e. The standard InChI is InChI=1S/C11H11NO2/c1-8-3-2-4-11(10(8)5-12)14-7-9-6-13-9/h2-4,9H,6-7H2,1H3/t9-/m0/s1. The largest absolute Gasteiger partial charge is 0.489 e. The Labute approximate surface area is 82.9 Å². The molecular formula is C11H11NO2. The van der Waals surface area contributed by atoms with Crippen LogP contribution >= 0.6 is 0 Å². The molecule has 0 aliphatic carbocycles. The predicted molar refractivity (Wildman–Crippen MR) is 51.1 cm³/mol. The Morgan fingerprint density at radius 3 is 3.07 bits per heavy atom. The zero-order chi connectivity index (χ0) is 9.97. The number of nitriles is 1. The second kappa shape index (κ2) is 3.69. The van der Waals surface area contributed by atoms with Gasteiger partial charge in [-0.05, 0) is 18.6 Å². The summed E-state index contributed by atoms with van der Waals surface area (Å²) in [7, 11) is 0. The van der Waals surface area contributed by atoms with Crippen LogP contribution in [0.15, 0.2) is 18.2 Å². The molecule has 0 bridgehead atoms. The number of benzene rings is 1. The average Bonchev–Trinajstić information content (AvgIpc) is 2.98. The number of nitrogens with zero attached hydrogens (tertiary/aromatic N) is 1. The average molecular weight is 189 g/mol. The van der Waals surface area contributed by atoms with Crippen molar-refractivity contribution < 1.29 is 9.47 Å². The first-order valence-corrected chi connectivity index (χ1v) is 4.55. The van der Waals surface area contributed by atoms with Crippen molar-refractivity contribution >= 4 is 0 Å². The third-order valence-corrected chi connectivity index (χ3v) is 2.17. The first kappa shape index (κ1) is 9.04. The van der Waals surface area contributed by atoms with Crippen LogP contribution in [-0.4, -0.2) is 19.3 Å². The highest BCUT2D eigenvalue weighted by Crippen LogP contribution is 2.22. The van der Waals surface area contributed by atoms with E-state index in [2.05, 4.69) is 6.07 Å². The molecular weight excluding hydrogens is 178 g/mol. The van der Waals surface area contributed by atoms with Crippen molar-refractivity contribution in [2.24, 2.45) is 0 Å². The summed E-state index contributed by atoms with van der Waals surface area (Å²) < 4.78 is 10.5. The summed E-state index contributed by atoms with van der Waals surface area (Å²) >= 11 is 0. The molecule has 14 heavy (non-hydrogen) atoms. The van der Waals surface area contributed by atoms with E-state index >= 15 is 0 Å². The van der Waals surface area contributed by atoms with E-state index < -0.39 is 0 Å². The van der Waals surface area contributed by atoms with Crippen LogP contribution in [0.1, 0.15) is 11.1 Å². The Balaban J connectivity index is 2.14. The summed E-state index contributed by atoms with van der Waals surface area (Å²) in [5.41, 5.74) is 1.56. The molecule has 1 aliphatic rings. The molecule has 3 heteroatoms. The Morgan fingerprint density at radius 2 is 2.43 bits per heavy atom. The highest BCUT2D eigenvalue weighted by molar-refractivity contribution is 5.48. The van der Waals surface area contributed by atoms with E-state index in [1.165, 1.54) is 0 Å². The number of hydrogen-bond acceptors (Lipinski definition) is 3. The van der Waals surface area contributed by atoms with Gasteiger partial charge in [-0.15, -0.1) is 0 Å². The van der Waals surface area contributed by atoms with Crippen LogP contribution in [0.2, 0.25) is 0 Å².